The second-order valence-electron chi connectivity index (χ2n) is 3.84. The Morgan fingerprint density at radius 1 is 1.18 bits per heavy atom. The summed E-state index contributed by atoms with van der Waals surface area (Å²) in [5, 5.41) is 20.4. The summed E-state index contributed by atoms with van der Waals surface area (Å²) in [6, 6.07) is 7.43. The highest BCUT2D eigenvalue weighted by Gasteiger charge is 1.98. The number of unbranched alkanes of at least 4 members (excludes halogenated alkanes) is 2. The van der Waals surface area contributed by atoms with Gasteiger partial charge in [0.2, 0.25) is 0 Å². The number of nitrogens with zero attached hydrogens (tertiary/aromatic N) is 1. The van der Waals surface area contributed by atoms with Gasteiger partial charge in [-0.05, 0) is 56.0 Å². The van der Waals surface area contributed by atoms with E-state index in [0.29, 0.717) is 12.3 Å². The van der Waals surface area contributed by atoms with Crippen LogP contribution in [-0.2, 0) is 0 Å². The number of hydrogen-bond donors (Lipinski definition) is 2. The minimum absolute atomic E-state index is 0.245. The summed E-state index contributed by atoms with van der Waals surface area (Å²) in [7, 11) is 0. The van der Waals surface area contributed by atoms with Crippen LogP contribution in [-0.4, -0.2) is 29.2 Å². The van der Waals surface area contributed by atoms with Crippen molar-refractivity contribution in [3.05, 3.63) is 29.8 Å². The summed E-state index contributed by atoms with van der Waals surface area (Å²) >= 11 is 0. The summed E-state index contributed by atoms with van der Waals surface area (Å²) in [5.74, 6) is 0.809. The van der Waals surface area contributed by atoms with Crippen LogP contribution < -0.4 is 4.74 Å². The molecule has 0 aliphatic carbocycles. The van der Waals surface area contributed by atoms with Gasteiger partial charge in [-0.15, -0.1) is 0 Å². The normalized spacial score (nSPS) is 11.5. The van der Waals surface area contributed by atoms with Crippen LogP contribution in [0.4, 0.5) is 0 Å². The molecular weight excluding hydrogens is 218 g/mol. The Morgan fingerprint density at radius 3 is 2.47 bits per heavy atom. The maximum absolute atomic E-state index is 8.62. The minimum Gasteiger partial charge on any atom is -0.494 e. The zero-order chi connectivity index (χ0) is 12.5. The monoisotopic (exact) mass is 237 g/mol. The van der Waals surface area contributed by atoms with Gasteiger partial charge in [0.15, 0.2) is 0 Å². The van der Waals surface area contributed by atoms with Crippen molar-refractivity contribution in [2.24, 2.45) is 5.16 Å². The lowest BCUT2D eigenvalue weighted by Gasteiger charge is -2.06. The van der Waals surface area contributed by atoms with Gasteiger partial charge in [-0.3, -0.25) is 0 Å². The molecule has 0 aromatic heterocycles. The molecule has 17 heavy (non-hydrogen) atoms. The zero-order valence-corrected chi connectivity index (χ0v) is 10.1. The average molecular weight is 237 g/mol. The van der Waals surface area contributed by atoms with Crippen LogP contribution in [0.1, 0.15) is 31.7 Å². The van der Waals surface area contributed by atoms with Crippen LogP contribution in [0.5, 0.6) is 5.75 Å². The van der Waals surface area contributed by atoms with Gasteiger partial charge in [0.05, 0.1) is 12.3 Å². The summed E-state index contributed by atoms with van der Waals surface area (Å²) in [4.78, 5) is 0. The van der Waals surface area contributed by atoms with E-state index < -0.39 is 0 Å². The van der Waals surface area contributed by atoms with Crippen molar-refractivity contribution in [2.75, 3.05) is 13.2 Å². The quantitative estimate of drug-likeness (QED) is 0.331. The molecule has 0 aliphatic heterocycles. The third-order valence-corrected chi connectivity index (χ3v) is 2.49. The van der Waals surface area contributed by atoms with Gasteiger partial charge in [-0.2, -0.15) is 0 Å². The molecule has 2 N–H and O–H groups in total. The van der Waals surface area contributed by atoms with Crippen molar-refractivity contribution >= 4 is 5.71 Å². The van der Waals surface area contributed by atoms with Gasteiger partial charge >= 0.3 is 0 Å². The maximum atomic E-state index is 8.62. The molecule has 0 radical (unpaired) electrons. The number of rotatable bonds is 7. The highest BCUT2D eigenvalue weighted by atomic mass is 16.5. The van der Waals surface area contributed by atoms with Crippen molar-refractivity contribution in [2.45, 2.75) is 26.2 Å². The molecule has 0 saturated heterocycles. The first-order valence-corrected chi connectivity index (χ1v) is 5.80. The van der Waals surface area contributed by atoms with Crippen LogP contribution >= 0.6 is 0 Å². The Kier molecular flexibility index (Phi) is 6.10. The van der Waals surface area contributed by atoms with Crippen molar-refractivity contribution in [3.63, 3.8) is 0 Å². The second kappa shape index (κ2) is 7.68. The van der Waals surface area contributed by atoms with Crippen molar-refractivity contribution < 1.29 is 15.1 Å². The molecule has 0 heterocycles. The molecule has 0 fully saturated rings. The SMILES string of the molecule is C/C(=N/O)c1ccc(OCCCCCO)cc1. The van der Waals surface area contributed by atoms with E-state index in [9.17, 15) is 0 Å². The topological polar surface area (TPSA) is 62.1 Å². The fraction of sp³-hybridized carbons (Fsp3) is 0.462. The van der Waals surface area contributed by atoms with Crippen LogP contribution in [0.3, 0.4) is 0 Å². The van der Waals surface area contributed by atoms with Gasteiger partial charge in [0.25, 0.3) is 0 Å². The first-order valence-electron chi connectivity index (χ1n) is 5.80. The van der Waals surface area contributed by atoms with Crippen molar-refractivity contribution in [1.82, 2.24) is 0 Å². The summed E-state index contributed by atoms with van der Waals surface area (Å²) in [6.45, 7) is 2.64. The van der Waals surface area contributed by atoms with E-state index in [0.717, 1.165) is 30.6 Å². The lowest BCUT2D eigenvalue weighted by molar-refractivity contribution is 0.266. The van der Waals surface area contributed by atoms with Crippen LogP contribution in [0, 0.1) is 0 Å². The van der Waals surface area contributed by atoms with Gasteiger partial charge in [0.1, 0.15) is 5.75 Å². The van der Waals surface area contributed by atoms with E-state index in [1.54, 1.807) is 6.92 Å². The van der Waals surface area contributed by atoms with E-state index in [-0.39, 0.29) is 6.61 Å². The van der Waals surface area contributed by atoms with Gasteiger partial charge in [-0.25, -0.2) is 0 Å². The first kappa shape index (κ1) is 13.5. The van der Waals surface area contributed by atoms with Gasteiger partial charge < -0.3 is 15.1 Å². The molecule has 4 heteroatoms. The highest BCUT2D eigenvalue weighted by molar-refractivity contribution is 5.98. The Balaban J connectivity index is 2.35. The van der Waals surface area contributed by atoms with Gasteiger partial charge in [-0.1, -0.05) is 5.16 Å². The van der Waals surface area contributed by atoms with Crippen LogP contribution in [0.25, 0.3) is 0 Å². The summed E-state index contributed by atoms with van der Waals surface area (Å²) in [6.07, 6.45) is 2.75. The number of oxime groups is 1. The molecule has 0 unspecified atom stereocenters. The smallest absolute Gasteiger partial charge is 0.119 e. The van der Waals surface area contributed by atoms with E-state index in [4.69, 9.17) is 15.1 Å². The number of aliphatic hydroxyl groups is 1. The van der Waals surface area contributed by atoms with Crippen molar-refractivity contribution in [1.29, 1.82) is 0 Å². The lowest BCUT2D eigenvalue weighted by Crippen LogP contribution is -1.99. The molecule has 1 aromatic rings. The fourth-order valence-corrected chi connectivity index (χ4v) is 1.43. The van der Waals surface area contributed by atoms with Crippen molar-refractivity contribution in [3.8, 4) is 5.75 Å². The maximum Gasteiger partial charge on any atom is 0.119 e. The Bertz CT molecular complexity index is 346. The first-order chi connectivity index (χ1) is 8.27. The van der Waals surface area contributed by atoms with Crippen LogP contribution in [0.2, 0.25) is 0 Å². The van der Waals surface area contributed by atoms with Gasteiger partial charge in [0, 0.05) is 6.61 Å². The average Bonchev–Trinajstić information content (AvgIpc) is 2.38. The number of aliphatic hydroxyl groups excluding tert-OH is 1. The number of benzene rings is 1. The molecule has 0 saturated carbocycles. The van der Waals surface area contributed by atoms with E-state index in [1.807, 2.05) is 24.3 Å². The third kappa shape index (κ3) is 4.87. The lowest BCUT2D eigenvalue weighted by atomic mass is 10.1. The Labute approximate surface area is 102 Å². The largest absolute Gasteiger partial charge is 0.494 e. The minimum atomic E-state index is 0.245. The standard InChI is InChI=1S/C13H19NO3/c1-11(14-16)12-5-7-13(8-6-12)17-10-4-2-3-9-15/h5-8,15-16H,2-4,9-10H2,1H3/b14-11-. The zero-order valence-electron chi connectivity index (χ0n) is 10.1. The number of ether oxygens (including phenoxy) is 1. The molecule has 4 nitrogen and oxygen atoms in total. The molecule has 94 valence electrons. The highest BCUT2D eigenvalue weighted by Crippen LogP contribution is 2.13. The Morgan fingerprint density at radius 2 is 1.88 bits per heavy atom. The fourth-order valence-electron chi connectivity index (χ4n) is 1.43. The molecule has 1 aromatic carbocycles. The molecule has 0 atom stereocenters. The van der Waals surface area contributed by atoms with E-state index in [1.165, 1.54) is 0 Å². The number of hydrogen-bond acceptors (Lipinski definition) is 4. The molecule has 0 spiro atoms. The molecular formula is C13H19NO3. The van der Waals surface area contributed by atoms with Crippen LogP contribution in [0.15, 0.2) is 29.4 Å². The Hall–Kier alpha value is -1.55. The molecule has 0 bridgehead atoms. The van der Waals surface area contributed by atoms with E-state index >= 15 is 0 Å². The predicted molar refractivity (Wildman–Crippen MR) is 66.9 cm³/mol. The molecule has 0 amide bonds. The predicted octanol–water partition coefficient (Wildman–Crippen LogP) is 2.43. The third-order valence-electron chi connectivity index (χ3n) is 2.49. The molecule has 1 rings (SSSR count). The summed E-state index contributed by atoms with van der Waals surface area (Å²) < 4.78 is 5.54. The van der Waals surface area contributed by atoms with E-state index in [2.05, 4.69) is 5.16 Å². The molecule has 0 aliphatic rings. The second-order valence-corrected chi connectivity index (χ2v) is 3.84. The summed E-state index contributed by atoms with van der Waals surface area (Å²) in [5.41, 5.74) is 1.46.